The monoisotopic (exact) mass is 253 g/mol. The van der Waals surface area contributed by atoms with E-state index in [1.807, 2.05) is 6.26 Å². The Bertz CT molecular complexity index is 293. The van der Waals surface area contributed by atoms with Crippen molar-refractivity contribution in [3.05, 3.63) is 24.2 Å². The number of furan rings is 1. The summed E-state index contributed by atoms with van der Waals surface area (Å²) in [5.74, 6) is 1.33. The SMILES string of the molecule is CCCNC(Cc1ccoc1)C1CCCCS1. The molecule has 17 heavy (non-hydrogen) atoms. The van der Waals surface area contributed by atoms with Crippen molar-refractivity contribution in [1.82, 2.24) is 5.32 Å². The Labute approximate surface area is 109 Å². The number of nitrogens with one attached hydrogen (secondary N) is 1. The Kier molecular flexibility index (Phi) is 5.46. The molecule has 2 heterocycles. The van der Waals surface area contributed by atoms with Gasteiger partial charge in [0.15, 0.2) is 0 Å². The first kappa shape index (κ1) is 13.0. The molecule has 0 aromatic carbocycles. The predicted molar refractivity (Wildman–Crippen MR) is 74.6 cm³/mol. The van der Waals surface area contributed by atoms with E-state index in [1.165, 1.54) is 37.0 Å². The van der Waals surface area contributed by atoms with Gasteiger partial charge < -0.3 is 9.73 Å². The normalized spacial score (nSPS) is 22.5. The van der Waals surface area contributed by atoms with E-state index in [0.717, 1.165) is 18.2 Å². The van der Waals surface area contributed by atoms with Crippen molar-refractivity contribution in [3.63, 3.8) is 0 Å². The molecule has 1 aromatic heterocycles. The lowest BCUT2D eigenvalue weighted by molar-refractivity contribution is 0.459. The maximum absolute atomic E-state index is 5.17. The summed E-state index contributed by atoms with van der Waals surface area (Å²) in [6.45, 7) is 3.36. The zero-order valence-corrected chi connectivity index (χ0v) is 11.5. The van der Waals surface area contributed by atoms with Crippen LogP contribution in [0, 0.1) is 0 Å². The molecule has 1 saturated heterocycles. The highest BCUT2D eigenvalue weighted by molar-refractivity contribution is 8.00. The number of hydrogen-bond acceptors (Lipinski definition) is 3. The van der Waals surface area contributed by atoms with Crippen molar-refractivity contribution in [3.8, 4) is 0 Å². The third-order valence-corrected chi connectivity index (χ3v) is 4.87. The van der Waals surface area contributed by atoms with E-state index in [0.29, 0.717) is 6.04 Å². The van der Waals surface area contributed by atoms with Gasteiger partial charge in [-0.05, 0) is 49.6 Å². The average molecular weight is 253 g/mol. The second kappa shape index (κ2) is 7.12. The maximum Gasteiger partial charge on any atom is 0.0935 e. The van der Waals surface area contributed by atoms with Gasteiger partial charge in [-0.2, -0.15) is 11.8 Å². The quantitative estimate of drug-likeness (QED) is 0.840. The molecule has 0 amide bonds. The minimum absolute atomic E-state index is 0.609. The van der Waals surface area contributed by atoms with Gasteiger partial charge in [-0.1, -0.05) is 13.3 Å². The number of thioether (sulfide) groups is 1. The zero-order valence-electron chi connectivity index (χ0n) is 10.7. The first-order chi connectivity index (χ1) is 8.40. The van der Waals surface area contributed by atoms with Crippen molar-refractivity contribution >= 4 is 11.8 Å². The van der Waals surface area contributed by atoms with Crippen molar-refractivity contribution in [1.29, 1.82) is 0 Å². The van der Waals surface area contributed by atoms with E-state index in [4.69, 9.17) is 4.42 Å². The van der Waals surface area contributed by atoms with E-state index in [2.05, 4.69) is 30.1 Å². The summed E-state index contributed by atoms with van der Waals surface area (Å²) in [6.07, 6.45) is 10.1. The molecule has 0 saturated carbocycles. The van der Waals surface area contributed by atoms with E-state index >= 15 is 0 Å². The summed E-state index contributed by atoms with van der Waals surface area (Å²) >= 11 is 2.15. The van der Waals surface area contributed by atoms with Crippen LogP contribution in [0.1, 0.15) is 38.2 Å². The topological polar surface area (TPSA) is 25.2 Å². The largest absolute Gasteiger partial charge is 0.472 e. The molecule has 2 rings (SSSR count). The zero-order chi connectivity index (χ0) is 11.9. The lowest BCUT2D eigenvalue weighted by atomic mass is 10.0. The number of hydrogen-bond donors (Lipinski definition) is 1. The molecule has 1 aromatic rings. The van der Waals surface area contributed by atoms with Crippen molar-refractivity contribution in [2.24, 2.45) is 0 Å². The molecule has 0 spiro atoms. The highest BCUT2D eigenvalue weighted by Gasteiger charge is 2.24. The van der Waals surface area contributed by atoms with Gasteiger partial charge in [0, 0.05) is 11.3 Å². The van der Waals surface area contributed by atoms with Crippen molar-refractivity contribution in [2.75, 3.05) is 12.3 Å². The summed E-state index contributed by atoms with van der Waals surface area (Å²) < 4.78 is 5.17. The van der Waals surface area contributed by atoms with Gasteiger partial charge in [-0.25, -0.2) is 0 Å². The molecule has 2 atom stereocenters. The van der Waals surface area contributed by atoms with E-state index in [-0.39, 0.29) is 0 Å². The van der Waals surface area contributed by atoms with Gasteiger partial charge in [-0.15, -0.1) is 0 Å². The van der Waals surface area contributed by atoms with Gasteiger partial charge in [0.25, 0.3) is 0 Å². The van der Waals surface area contributed by atoms with Crippen LogP contribution in [-0.2, 0) is 6.42 Å². The Balaban J connectivity index is 1.91. The Morgan fingerprint density at radius 2 is 2.47 bits per heavy atom. The standard InChI is InChI=1S/C14H23NOS/c1-2-7-15-13(10-12-6-8-16-11-12)14-5-3-4-9-17-14/h6,8,11,13-15H,2-5,7,9-10H2,1H3. The second-order valence-electron chi connectivity index (χ2n) is 4.80. The minimum atomic E-state index is 0.609. The molecule has 2 unspecified atom stereocenters. The molecular weight excluding hydrogens is 230 g/mol. The van der Waals surface area contributed by atoms with Crippen LogP contribution in [0.3, 0.4) is 0 Å². The predicted octanol–water partition coefficient (Wildman–Crippen LogP) is 3.48. The Hall–Kier alpha value is -0.410. The Morgan fingerprint density at radius 1 is 1.53 bits per heavy atom. The van der Waals surface area contributed by atoms with Crippen LogP contribution in [0.4, 0.5) is 0 Å². The molecule has 96 valence electrons. The first-order valence-corrected chi connectivity index (χ1v) is 7.81. The van der Waals surface area contributed by atoms with Gasteiger partial charge in [-0.3, -0.25) is 0 Å². The molecule has 1 fully saturated rings. The lowest BCUT2D eigenvalue weighted by Gasteiger charge is -2.30. The first-order valence-electron chi connectivity index (χ1n) is 6.76. The van der Waals surface area contributed by atoms with Crippen molar-refractivity contribution < 1.29 is 4.42 Å². The van der Waals surface area contributed by atoms with Crippen LogP contribution in [-0.4, -0.2) is 23.6 Å². The molecule has 1 N–H and O–H groups in total. The average Bonchev–Trinajstić information content (AvgIpc) is 2.88. The van der Waals surface area contributed by atoms with Crippen LogP contribution >= 0.6 is 11.8 Å². The summed E-state index contributed by atoms with van der Waals surface area (Å²) in [6, 6.07) is 2.70. The summed E-state index contributed by atoms with van der Waals surface area (Å²) in [4.78, 5) is 0. The fourth-order valence-electron chi connectivity index (χ4n) is 2.41. The van der Waals surface area contributed by atoms with Crippen LogP contribution in [0.15, 0.2) is 23.0 Å². The molecular formula is C14H23NOS. The third-order valence-electron chi connectivity index (χ3n) is 3.36. The van der Waals surface area contributed by atoms with Gasteiger partial charge in [0.2, 0.25) is 0 Å². The molecule has 1 aliphatic heterocycles. The van der Waals surface area contributed by atoms with Crippen LogP contribution in [0.5, 0.6) is 0 Å². The van der Waals surface area contributed by atoms with Crippen molar-refractivity contribution in [2.45, 2.75) is 50.3 Å². The van der Waals surface area contributed by atoms with E-state index < -0.39 is 0 Å². The summed E-state index contributed by atoms with van der Waals surface area (Å²) in [7, 11) is 0. The second-order valence-corrected chi connectivity index (χ2v) is 6.15. The maximum atomic E-state index is 5.17. The Morgan fingerprint density at radius 3 is 3.12 bits per heavy atom. The molecule has 0 aliphatic carbocycles. The number of rotatable bonds is 6. The molecule has 2 nitrogen and oxygen atoms in total. The van der Waals surface area contributed by atoms with Gasteiger partial charge >= 0.3 is 0 Å². The van der Waals surface area contributed by atoms with Gasteiger partial charge in [0.05, 0.1) is 12.5 Å². The fourth-order valence-corrected chi connectivity index (χ4v) is 3.84. The lowest BCUT2D eigenvalue weighted by Crippen LogP contribution is -2.41. The smallest absolute Gasteiger partial charge is 0.0935 e. The summed E-state index contributed by atoms with van der Waals surface area (Å²) in [5, 5.41) is 4.50. The van der Waals surface area contributed by atoms with Crippen LogP contribution in [0.25, 0.3) is 0 Å². The molecule has 3 heteroatoms. The third kappa shape index (κ3) is 4.07. The van der Waals surface area contributed by atoms with Crippen LogP contribution in [0.2, 0.25) is 0 Å². The van der Waals surface area contributed by atoms with Gasteiger partial charge in [0.1, 0.15) is 0 Å². The molecule has 0 bridgehead atoms. The van der Waals surface area contributed by atoms with E-state index in [9.17, 15) is 0 Å². The van der Waals surface area contributed by atoms with Crippen LogP contribution < -0.4 is 5.32 Å². The summed E-state index contributed by atoms with van der Waals surface area (Å²) in [5.41, 5.74) is 1.32. The van der Waals surface area contributed by atoms with E-state index in [1.54, 1.807) is 6.26 Å². The molecule has 0 radical (unpaired) electrons. The molecule has 1 aliphatic rings. The fraction of sp³-hybridized carbons (Fsp3) is 0.714. The minimum Gasteiger partial charge on any atom is -0.472 e. The highest BCUT2D eigenvalue weighted by atomic mass is 32.2. The highest BCUT2D eigenvalue weighted by Crippen LogP contribution is 2.29.